The number of carbonyl (C=O) groups excluding carboxylic acids is 1. The van der Waals surface area contributed by atoms with Crippen LogP contribution >= 0.6 is 0 Å². The van der Waals surface area contributed by atoms with Gasteiger partial charge < -0.3 is 15.6 Å². The van der Waals surface area contributed by atoms with E-state index in [1.165, 1.54) is 0 Å². The van der Waals surface area contributed by atoms with Gasteiger partial charge in [-0.25, -0.2) is 0 Å². The van der Waals surface area contributed by atoms with E-state index >= 15 is 0 Å². The zero-order valence-electron chi connectivity index (χ0n) is 22.4. The van der Waals surface area contributed by atoms with E-state index in [0.29, 0.717) is 56.0 Å². The number of hydrogen-bond acceptors (Lipinski definition) is 7. The molecular weight excluding hydrogens is 566 g/mol. The van der Waals surface area contributed by atoms with Crippen molar-refractivity contribution in [2.24, 2.45) is 5.73 Å². The maximum Gasteiger partial charge on any atom is 0.430 e. The van der Waals surface area contributed by atoms with Gasteiger partial charge in [0.15, 0.2) is 0 Å². The topological polar surface area (TPSA) is 91.9 Å². The molecule has 3 aromatic rings. The Hall–Kier alpha value is -3.52. The van der Waals surface area contributed by atoms with E-state index in [9.17, 15) is 36.2 Å². The number of aliphatic hydroxyl groups is 1. The van der Waals surface area contributed by atoms with Crippen LogP contribution in [0.1, 0.15) is 16.7 Å². The Bertz CT molecular complexity index is 1300. The molecule has 0 unspecified atom stereocenters. The summed E-state index contributed by atoms with van der Waals surface area (Å²) in [5.41, 5.74) is 2.07. The Morgan fingerprint density at radius 2 is 1.40 bits per heavy atom. The van der Waals surface area contributed by atoms with Gasteiger partial charge in [-0.2, -0.15) is 26.3 Å². The number of ether oxygens (including phenoxy) is 1. The van der Waals surface area contributed by atoms with E-state index in [4.69, 9.17) is 10.5 Å². The van der Waals surface area contributed by atoms with Gasteiger partial charge in [-0.15, -0.1) is 0 Å². The number of alkyl halides is 6. The number of carbonyl (C=O) groups is 1. The molecule has 4 rings (SSSR count). The van der Waals surface area contributed by atoms with Crippen LogP contribution in [0.4, 0.5) is 26.3 Å². The summed E-state index contributed by atoms with van der Waals surface area (Å²) >= 11 is 0. The summed E-state index contributed by atoms with van der Waals surface area (Å²) in [4.78, 5) is 21.0. The first-order valence-electron chi connectivity index (χ1n) is 13.1. The molecule has 1 fully saturated rings. The fourth-order valence-electron chi connectivity index (χ4n) is 4.86. The first kappa shape index (κ1) is 31.4. The van der Waals surface area contributed by atoms with Crippen molar-refractivity contribution in [3.05, 3.63) is 89.7 Å². The van der Waals surface area contributed by atoms with Crippen LogP contribution in [0.3, 0.4) is 0 Å². The van der Waals surface area contributed by atoms with Gasteiger partial charge in [-0.3, -0.25) is 19.6 Å². The van der Waals surface area contributed by atoms with Gasteiger partial charge >= 0.3 is 18.3 Å². The van der Waals surface area contributed by atoms with Crippen LogP contribution in [-0.2, 0) is 28.2 Å². The highest BCUT2D eigenvalue weighted by Crippen LogP contribution is 2.50. The van der Waals surface area contributed by atoms with Crippen molar-refractivity contribution in [3.8, 4) is 11.1 Å². The molecule has 2 aromatic carbocycles. The molecule has 226 valence electrons. The lowest BCUT2D eigenvalue weighted by Crippen LogP contribution is -2.56. The number of pyridine rings is 1. The van der Waals surface area contributed by atoms with Crippen molar-refractivity contribution >= 4 is 5.97 Å². The molecule has 1 saturated heterocycles. The highest BCUT2D eigenvalue weighted by molar-refractivity contribution is 5.76. The van der Waals surface area contributed by atoms with Crippen molar-refractivity contribution in [1.29, 1.82) is 0 Å². The summed E-state index contributed by atoms with van der Waals surface area (Å²) in [5.74, 6) is -0.360. The van der Waals surface area contributed by atoms with E-state index in [1.807, 2.05) is 12.1 Å². The van der Waals surface area contributed by atoms with Gasteiger partial charge in [-0.1, -0.05) is 48.5 Å². The largest absolute Gasteiger partial charge is 0.463 e. The number of nitrogens with zero attached hydrogens (tertiary/aromatic N) is 3. The predicted octanol–water partition coefficient (Wildman–Crippen LogP) is 4.25. The lowest BCUT2D eigenvalue weighted by Gasteiger charge is -2.40. The van der Waals surface area contributed by atoms with E-state index < -0.39 is 29.6 Å². The lowest BCUT2D eigenvalue weighted by molar-refractivity contribution is -0.376. The molecule has 1 atom stereocenters. The molecule has 1 aliphatic heterocycles. The highest BCUT2D eigenvalue weighted by atomic mass is 19.4. The molecular formula is C29H30F6N4O3. The Morgan fingerprint density at radius 3 is 1.95 bits per heavy atom. The third kappa shape index (κ3) is 6.92. The summed E-state index contributed by atoms with van der Waals surface area (Å²) < 4.78 is 84.4. The Morgan fingerprint density at radius 1 is 0.857 bits per heavy atom. The lowest BCUT2D eigenvalue weighted by atomic mass is 9.90. The van der Waals surface area contributed by atoms with Crippen LogP contribution in [0.2, 0.25) is 0 Å². The molecule has 7 nitrogen and oxygen atoms in total. The number of halogens is 6. The Kier molecular flexibility index (Phi) is 9.56. The number of hydrogen-bond donors (Lipinski definition) is 2. The Balaban J connectivity index is 1.44. The van der Waals surface area contributed by atoms with Gasteiger partial charge in [0, 0.05) is 57.2 Å². The number of esters is 1. The second-order valence-corrected chi connectivity index (χ2v) is 10.0. The average Bonchev–Trinajstić information content (AvgIpc) is 2.96. The van der Waals surface area contributed by atoms with Crippen molar-refractivity contribution < 1.29 is 41.0 Å². The average molecular weight is 597 g/mol. The molecule has 1 aliphatic rings. The number of benzene rings is 2. The number of piperazine rings is 1. The maximum absolute atomic E-state index is 13.2. The van der Waals surface area contributed by atoms with Crippen LogP contribution in [0.5, 0.6) is 0 Å². The second kappa shape index (κ2) is 12.8. The standard InChI is InChI=1S/C29H30F6N4O3/c30-28(31,32)27(41,29(33,34)35)24-7-5-23(6-8-24)22-3-1-20(2-4-22)17-38-14-15-39(18-21-9-12-37-13-10-21)25(19-38)26(40)42-16-11-36/h1-10,12-13,25,41H,11,14-19,36H2/t25-/m1/s1. The smallest absolute Gasteiger partial charge is 0.430 e. The first-order chi connectivity index (χ1) is 19.8. The number of nitrogens with two attached hydrogens (primary N) is 1. The fraction of sp³-hybridized carbons (Fsp3) is 0.379. The molecule has 1 aromatic heterocycles. The fourth-order valence-corrected chi connectivity index (χ4v) is 4.86. The summed E-state index contributed by atoms with van der Waals surface area (Å²) in [6, 6.07) is 13.7. The highest BCUT2D eigenvalue weighted by Gasteiger charge is 2.71. The zero-order valence-corrected chi connectivity index (χ0v) is 22.4. The number of rotatable bonds is 9. The van der Waals surface area contributed by atoms with Gasteiger partial charge in [-0.05, 0) is 34.4 Å². The third-order valence-electron chi connectivity index (χ3n) is 7.16. The normalized spacial score (nSPS) is 17.3. The minimum absolute atomic E-state index is 0.118. The molecule has 0 bridgehead atoms. The Labute approximate surface area is 238 Å². The molecule has 42 heavy (non-hydrogen) atoms. The molecule has 0 amide bonds. The minimum atomic E-state index is -5.95. The summed E-state index contributed by atoms with van der Waals surface area (Å²) in [5, 5.41) is 9.60. The van der Waals surface area contributed by atoms with Crippen LogP contribution in [-0.4, -0.2) is 77.0 Å². The van der Waals surface area contributed by atoms with Crippen molar-refractivity contribution in [1.82, 2.24) is 14.8 Å². The van der Waals surface area contributed by atoms with Crippen molar-refractivity contribution in [3.63, 3.8) is 0 Å². The van der Waals surface area contributed by atoms with Gasteiger partial charge in [0.05, 0.1) is 0 Å². The van der Waals surface area contributed by atoms with Crippen LogP contribution in [0, 0.1) is 0 Å². The monoisotopic (exact) mass is 596 g/mol. The van der Waals surface area contributed by atoms with E-state index in [-0.39, 0.29) is 19.1 Å². The van der Waals surface area contributed by atoms with Crippen molar-refractivity contribution in [2.75, 3.05) is 32.8 Å². The minimum Gasteiger partial charge on any atom is -0.463 e. The van der Waals surface area contributed by atoms with Gasteiger partial charge in [0.2, 0.25) is 0 Å². The van der Waals surface area contributed by atoms with E-state index in [1.54, 1.807) is 36.7 Å². The summed E-state index contributed by atoms with van der Waals surface area (Å²) in [7, 11) is 0. The first-order valence-corrected chi connectivity index (χ1v) is 13.1. The quantitative estimate of drug-likeness (QED) is 0.282. The molecule has 3 N–H and O–H groups in total. The van der Waals surface area contributed by atoms with E-state index in [0.717, 1.165) is 23.3 Å². The predicted molar refractivity (Wildman–Crippen MR) is 142 cm³/mol. The maximum atomic E-state index is 13.2. The molecule has 0 aliphatic carbocycles. The third-order valence-corrected chi connectivity index (χ3v) is 7.16. The molecule has 13 heteroatoms. The molecule has 0 saturated carbocycles. The van der Waals surface area contributed by atoms with E-state index in [2.05, 4.69) is 14.8 Å². The van der Waals surface area contributed by atoms with Gasteiger partial charge in [0.1, 0.15) is 12.6 Å². The zero-order chi connectivity index (χ0) is 30.5. The number of aromatic nitrogens is 1. The van der Waals surface area contributed by atoms with Crippen LogP contribution < -0.4 is 5.73 Å². The van der Waals surface area contributed by atoms with Crippen molar-refractivity contribution in [2.45, 2.75) is 37.1 Å². The van der Waals surface area contributed by atoms with Crippen LogP contribution in [0.15, 0.2) is 73.1 Å². The summed E-state index contributed by atoms with van der Waals surface area (Å²) in [6.07, 6.45) is -8.51. The van der Waals surface area contributed by atoms with Crippen LogP contribution in [0.25, 0.3) is 11.1 Å². The van der Waals surface area contributed by atoms with Gasteiger partial charge in [0.25, 0.3) is 5.60 Å². The molecule has 0 radical (unpaired) electrons. The SMILES string of the molecule is NCCOC(=O)[C@H]1CN(Cc2ccc(-c3ccc(C(O)(C(F)(F)F)C(F)(F)F)cc3)cc2)CCN1Cc1ccncc1. The second-order valence-electron chi connectivity index (χ2n) is 10.0. The molecule has 2 heterocycles. The molecule has 0 spiro atoms. The summed E-state index contributed by atoms with van der Waals surface area (Å²) in [6.45, 7) is 3.09.